The third-order valence-electron chi connectivity index (χ3n) is 11.6. The number of hydrogen-bond donors (Lipinski definition) is 5. The molecule has 0 radical (unpaired) electrons. The van der Waals surface area contributed by atoms with Crippen LogP contribution < -0.4 is 59.1 Å². The monoisotopic (exact) mass is 688 g/mol. The van der Waals surface area contributed by atoms with Gasteiger partial charge in [-0.2, -0.15) is 0 Å². The van der Waals surface area contributed by atoms with E-state index in [9.17, 15) is 51.5 Å². The predicted molar refractivity (Wildman–Crippen MR) is 145 cm³/mol. The van der Waals surface area contributed by atoms with Gasteiger partial charge < -0.3 is 34.6 Å². The van der Waals surface area contributed by atoms with Gasteiger partial charge in [0, 0.05) is 5.92 Å². The normalized spacial score (nSPS) is 45.1. The fourth-order valence-electron chi connectivity index (χ4n) is 9.93. The Hall–Kier alpha value is 1.54. The number of aliphatic hydroxyl groups excluding tert-OH is 4. The molecule has 0 aliphatic heterocycles. The van der Waals surface area contributed by atoms with Crippen LogP contribution in [0.3, 0.4) is 0 Å². The van der Waals surface area contributed by atoms with Crippen LogP contribution in [0.1, 0.15) is 79.1 Å². The molecule has 0 aromatic rings. The number of hydrogen-bond acceptors (Lipinski definition) is 13. The molecule has 4 rings (SSSR count). The zero-order chi connectivity index (χ0) is 31.6. The molecule has 0 saturated heterocycles. The van der Waals surface area contributed by atoms with E-state index in [2.05, 4.69) is 4.18 Å². The summed E-state index contributed by atoms with van der Waals surface area (Å²) in [6, 6.07) is 0. The minimum atomic E-state index is -5.31. The van der Waals surface area contributed by atoms with Gasteiger partial charge in [-0.15, -0.1) is 0 Å². The van der Waals surface area contributed by atoms with Crippen LogP contribution in [0, 0.1) is 46.3 Å². The molecule has 4 saturated carbocycles. The van der Waals surface area contributed by atoms with Crippen molar-refractivity contribution in [2.75, 3.05) is 6.61 Å². The van der Waals surface area contributed by atoms with Gasteiger partial charge in [0.15, 0.2) is 0 Å². The number of rotatable bonds is 10. The van der Waals surface area contributed by atoms with Crippen molar-refractivity contribution in [1.82, 2.24) is 0 Å². The summed E-state index contributed by atoms with van der Waals surface area (Å²) < 4.78 is 76.8. The Bertz CT molecular complexity index is 1210. The van der Waals surface area contributed by atoms with E-state index in [0.717, 1.165) is 0 Å². The molecule has 1 unspecified atom stereocenters. The molecule has 246 valence electrons. The summed E-state index contributed by atoms with van der Waals surface area (Å²) in [5.74, 6) is -3.34. The van der Waals surface area contributed by atoms with Gasteiger partial charge in [-0.25, -0.2) is 16.8 Å². The summed E-state index contributed by atoms with van der Waals surface area (Å²) in [5.41, 5.74) is -3.80. The molecule has 0 aromatic heterocycles. The van der Waals surface area contributed by atoms with Crippen LogP contribution in [-0.4, -0.2) is 94.2 Å². The fraction of sp³-hybridized carbons (Fsp3) is 1.00. The Balaban J connectivity index is 0.00000337. The van der Waals surface area contributed by atoms with Gasteiger partial charge in [0.25, 0.3) is 0 Å². The molecule has 4 aliphatic rings. The van der Waals surface area contributed by atoms with Crippen molar-refractivity contribution >= 4 is 20.8 Å². The summed E-state index contributed by atoms with van der Waals surface area (Å²) in [6.45, 7) is 7.13. The van der Waals surface area contributed by atoms with Crippen LogP contribution in [0.4, 0.5) is 0 Å². The minimum absolute atomic E-state index is 0. The maximum atomic E-state index is 12.5. The third-order valence-corrected chi connectivity index (χ3v) is 12.5. The van der Waals surface area contributed by atoms with Gasteiger partial charge in [0.2, 0.25) is 20.8 Å². The Morgan fingerprint density at radius 2 is 1.48 bits per heavy atom. The van der Waals surface area contributed by atoms with E-state index in [-0.39, 0.29) is 84.0 Å². The van der Waals surface area contributed by atoms with Crippen molar-refractivity contribution in [2.45, 2.75) is 115 Å². The van der Waals surface area contributed by atoms with Gasteiger partial charge in [-0.05, 0) is 78.9 Å². The zero-order valence-corrected chi connectivity index (χ0v) is 32.2. The van der Waals surface area contributed by atoms with Crippen LogP contribution in [-0.2, 0) is 29.2 Å². The van der Waals surface area contributed by atoms with Crippen LogP contribution in [0.5, 0.6) is 0 Å². The second-order valence-corrected chi connectivity index (χ2v) is 16.2. The SMILES string of the molecule is CC(CCC[C@@H](C)[C@H]1[C@@H](O)[C@H](O)[C@@H]2[C@]1(C)CC[C@@H]1[C@@]3(C)CC[C@H](O)C[C@@H]3[C@@H](OS(=O)(=O)[O-])[C@@H](O)[C@]12O)COS(=O)(=O)[O-].[Na+].[Na+]. The van der Waals surface area contributed by atoms with Gasteiger partial charge in [-0.1, -0.05) is 40.5 Å². The Morgan fingerprint density at radius 1 is 0.886 bits per heavy atom. The molecular weight excluding hydrogens is 642 g/mol. The Kier molecular flexibility index (Phi) is 14.0. The number of aliphatic hydroxyl groups is 5. The quantitative estimate of drug-likeness (QED) is 0.0820. The molecule has 0 bridgehead atoms. The Morgan fingerprint density at radius 3 is 2.05 bits per heavy atom. The first-order chi connectivity index (χ1) is 19.2. The molecule has 0 amide bonds. The first-order valence-corrected chi connectivity index (χ1v) is 17.5. The molecule has 44 heavy (non-hydrogen) atoms. The van der Waals surface area contributed by atoms with E-state index in [4.69, 9.17) is 4.18 Å². The maximum absolute atomic E-state index is 12.5. The molecule has 5 N–H and O–H groups in total. The second-order valence-electron chi connectivity index (χ2n) is 14.1. The second kappa shape index (κ2) is 14.8. The van der Waals surface area contributed by atoms with Gasteiger partial charge in [0.05, 0.1) is 24.9 Å². The molecular formula is C27H46Na2O13S2. The topological polar surface area (TPSA) is 234 Å². The number of fused-ring (bicyclic) bond motifs is 5. The van der Waals surface area contributed by atoms with Crippen molar-refractivity contribution in [3.63, 3.8) is 0 Å². The fourth-order valence-corrected chi connectivity index (χ4v) is 10.8. The van der Waals surface area contributed by atoms with Crippen LogP contribution in [0.15, 0.2) is 0 Å². The predicted octanol–water partition coefficient (Wildman–Crippen LogP) is -5.58. The third kappa shape index (κ3) is 7.79. The summed E-state index contributed by atoms with van der Waals surface area (Å²) in [7, 11) is -10.1. The molecule has 17 heteroatoms. The van der Waals surface area contributed by atoms with E-state index in [1.54, 1.807) is 6.92 Å². The molecule has 4 fully saturated rings. The van der Waals surface area contributed by atoms with Gasteiger partial charge >= 0.3 is 59.1 Å². The van der Waals surface area contributed by atoms with Crippen molar-refractivity contribution in [1.29, 1.82) is 0 Å². The zero-order valence-electron chi connectivity index (χ0n) is 26.5. The molecule has 13 nitrogen and oxygen atoms in total. The van der Waals surface area contributed by atoms with Crippen molar-refractivity contribution in [3.8, 4) is 0 Å². The van der Waals surface area contributed by atoms with Gasteiger partial charge in [-0.3, -0.25) is 8.37 Å². The maximum Gasteiger partial charge on any atom is 1.00 e. The average Bonchev–Trinajstić information content (AvgIpc) is 3.06. The van der Waals surface area contributed by atoms with Crippen LogP contribution in [0.25, 0.3) is 0 Å². The standard InChI is InChI=1S/C27H48O13S2.2Na/c1-14(13-39-41(33,34)35)6-5-7-15(2)19-20(29)21(30)23-26(19,4)11-9-18-25(3)10-8-16(28)12-17(25)22(40-42(36,37)38)24(31)27(18,23)32;;/h14-24,28-32H,5-13H2,1-4H3,(H,33,34,35)(H,36,37,38);;/q;2*+1/p-2/t14?,15-,16+,17-,18-,19+,20-,21+,22-,23-,24-,25+,26-,27+;;/m1../s1. The van der Waals surface area contributed by atoms with Crippen molar-refractivity contribution < 1.29 is 119 Å². The summed E-state index contributed by atoms with van der Waals surface area (Å²) in [4.78, 5) is 0. The molecule has 0 spiro atoms. The molecule has 14 atom stereocenters. The smallest absolute Gasteiger partial charge is 0.726 e. The van der Waals surface area contributed by atoms with Crippen LogP contribution in [0.2, 0.25) is 0 Å². The molecule has 0 heterocycles. The van der Waals surface area contributed by atoms with Crippen molar-refractivity contribution in [2.24, 2.45) is 46.3 Å². The summed E-state index contributed by atoms with van der Waals surface area (Å²) in [6.07, 6.45) is -3.56. The Labute approximate surface area is 305 Å². The average molecular weight is 689 g/mol. The van der Waals surface area contributed by atoms with E-state index >= 15 is 0 Å². The minimum Gasteiger partial charge on any atom is -0.726 e. The molecule has 4 aliphatic carbocycles. The van der Waals surface area contributed by atoms with E-state index in [1.165, 1.54) is 0 Å². The largest absolute Gasteiger partial charge is 1.00 e. The summed E-state index contributed by atoms with van der Waals surface area (Å²) in [5, 5.41) is 57.6. The van der Waals surface area contributed by atoms with Gasteiger partial charge in [0.1, 0.15) is 17.8 Å². The summed E-state index contributed by atoms with van der Waals surface area (Å²) >= 11 is 0. The first-order valence-electron chi connectivity index (χ1n) is 14.9. The van der Waals surface area contributed by atoms with Crippen molar-refractivity contribution in [3.05, 3.63) is 0 Å². The van der Waals surface area contributed by atoms with E-state index in [1.807, 2.05) is 20.8 Å². The van der Waals surface area contributed by atoms with Crippen LogP contribution >= 0.6 is 0 Å². The van der Waals surface area contributed by atoms with E-state index in [0.29, 0.717) is 44.9 Å². The van der Waals surface area contributed by atoms with E-state index < -0.39 is 91.4 Å². The molecule has 0 aromatic carbocycles. The first kappa shape index (κ1) is 41.7.